The first-order valence-corrected chi connectivity index (χ1v) is 8.98. The molecule has 1 aliphatic heterocycles. The maximum Gasteiger partial charge on any atom is 0.243 e. The summed E-state index contributed by atoms with van der Waals surface area (Å²) in [6.07, 6.45) is 0. The van der Waals surface area contributed by atoms with Gasteiger partial charge in [-0.2, -0.15) is 10.5 Å². The minimum Gasteiger partial charge on any atom is -0.325 e. The zero-order chi connectivity index (χ0) is 19.5. The molecule has 1 heterocycles. The van der Waals surface area contributed by atoms with Gasteiger partial charge in [0, 0.05) is 11.1 Å². The van der Waals surface area contributed by atoms with Crippen LogP contribution in [0.3, 0.4) is 0 Å². The van der Waals surface area contributed by atoms with Crippen molar-refractivity contribution in [1.29, 1.82) is 10.5 Å². The fourth-order valence-electron chi connectivity index (χ4n) is 2.71. The van der Waals surface area contributed by atoms with Crippen molar-refractivity contribution in [2.45, 2.75) is 32.9 Å². The third kappa shape index (κ3) is 3.89. The molecule has 1 aromatic carbocycles. The maximum absolute atomic E-state index is 12.5. The van der Waals surface area contributed by atoms with Gasteiger partial charge in [0.25, 0.3) is 0 Å². The van der Waals surface area contributed by atoms with E-state index < -0.39 is 22.5 Å². The summed E-state index contributed by atoms with van der Waals surface area (Å²) >= 11 is 1.11. The van der Waals surface area contributed by atoms with Crippen molar-refractivity contribution in [2.24, 2.45) is 11.3 Å². The van der Waals surface area contributed by atoms with Gasteiger partial charge in [0.15, 0.2) is 0 Å². The highest BCUT2D eigenvalue weighted by molar-refractivity contribution is 8.04. The number of carbonyl (C=O) groups is 2. The lowest BCUT2D eigenvalue weighted by Crippen LogP contribution is -2.45. The Kier molecular flexibility index (Phi) is 5.74. The summed E-state index contributed by atoms with van der Waals surface area (Å²) in [6.45, 7) is 7.02. The van der Waals surface area contributed by atoms with E-state index in [0.29, 0.717) is 16.3 Å². The Hall–Kier alpha value is -2.77. The maximum atomic E-state index is 12.5. The van der Waals surface area contributed by atoms with Crippen LogP contribution in [0.5, 0.6) is 0 Å². The number of aryl methyl sites for hydroxylation is 1. The van der Waals surface area contributed by atoms with E-state index >= 15 is 0 Å². The van der Waals surface area contributed by atoms with Crippen LogP contribution in [-0.2, 0) is 9.59 Å². The fraction of sp³-hybridized carbons (Fsp3) is 0.368. The van der Waals surface area contributed by atoms with Gasteiger partial charge >= 0.3 is 0 Å². The number of benzene rings is 1. The van der Waals surface area contributed by atoms with Gasteiger partial charge < -0.3 is 10.6 Å². The largest absolute Gasteiger partial charge is 0.325 e. The first kappa shape index (κ1) is 19.6. The van der Waals surface area contributed by atoms with E-state index in [1.54, 1.807) is 26.8 Å². The van der Waals surface area contributed by atoms with Gasteiger partial charge in [0.05, 0.1) is 28.0 Å². The highest BCUT2D eigenvalue weighted by atomic mass is 32.2. The van der Waals surface area contributed by atoms with Gasteiger partial charge in [0.1, 0.15) is 5.92 Å². The van der Waals surface area contributed by atoms with Crippen molar-refractivity contribution in [1.82, 2.24) is 5.32 Å². The summed E-state index contributed by atoms with van der Waals surface area (Å²) in [7, 11) is 0. The monoisotopic (exact) mass is 368 g/mol. The molecule has 0 radical (unpaired) electrons. The van der Waals surface area contributed by atoms with Crippen molar-refractivity contribution in [2.75, 3.05) is 5.32 Å². The minimum absolute atomic E-state index is 0.236. The molecular formula is C19H20N4O2S. The molecule has 2 N–H and O–H groups in total. The third-order valence-electron chi connectivity index (χ3n) is 4.28. The number of nitrogens with one attached hydrogen (secondary N) is 2. The number of carbonyl (C=O) groups excluding carboxylic acids is 2. The molecule has 0 spiro atoms. The predicted molar refractivity (Wildman–Crippen MR) is 101 cm³/mol. The zero-order valence-electron chi connectivity index (χ0n) is 15.1. The van der Waals surface area contributed by atoms with Crippen LogP contribution in [0.1, 0.15) is 26.3 Å². The van der Waals surface area contributed by atoms with E-state index in [9.17, 15) is 20.1 Å². The Morgan fingerprint density at radius 2 is 2.08 bits per heavy atom. The number of allylic oxidation sites excluding steroid dienone is 1. The first-order chi connectivity index (χ1) is 12.2. The SMILES string of the molecule is Cc1cccc(NC(=O)[C@H](C)SC2=C(C#N)C(C)(C)[C@@H](C#N)C(=O)N2)c1. The van der Waals surface area contributed by atoms with Crippen LogP contribution in [0.4, 0.5) is 5.69 Å². The van der Waals surface area contributed by atoms with Crippen LogP contribution in [0.15, 0.2) is 34.9 Å². The highest BCUT2D eigenvalue weighted by Crippen LogP contribution is 2.42. The molecule has 134 valence electrons. The molecule has 0 fully saturated rings. The topological polar surface area (TPSA) is 106 Å². The normalized spacial score (nSPS) is 19.8. The van der Waals surface area contributed by atoms with E-state index in [-0.39, 0.29) is 5.91 Å². The number of anilines is 1. The van der Waals surface area contributed by atoms with Crippen LogP contribution < -0.4 is 10.6 Å². The van der Waals surface area contributed by atoms with Crippen LogP contribution >= 0.6 is 11.8 Å². The van der Waals surface area contributed by atoms with E-state index in [0.717, 1.165) is 17.3 Å². The van der Waals surface area contributed by atoms with Crippen molar-refractivity contribution < 1.29 is 9.59 Å². The van der Waals surface area contributed by atoms with Gasteiger partial charge in [-0.15, -0.1) is 0 Å². The summed E-state index contributed by atoms with van der Waals surface area (Å²) in [5.41, 5.74) is 1.11. The molecule has 0 unspecified atom stereocenters. The summed E-state index contributed by atoms with van der Waals surface area (Å²) in [5.74, 6) is -1.64. The molecule has 26 heavy (non-hydrogen) atoms. The zero-order valence-corrected chi connectivity index (χ0v) is 15.9. The number of nitriles is 2. The standard InChI is InChI=1S/C19H20N4O2S/c1-11-6-5-7-13(8-11)22-16(24)12(2)26-18-15(10-21)19(3,4)14(9-20)17(25)23-18/h5-8,12,14H,1-4H3,(H,22,24)(H,23,25)/t12-,14-/m0/s1. The summed E-state index contributed by atoms with van der Waals surface area (Å²) in [6, 6.07) is 11.5. The first-order valence-electron chi connectivity index (χ1n) is 8.10. The lowest BCUT2D eigenvalue weighted by Gasteiger charge is -2.35. The van der Waals surface area contributed by atoms with Gasteiger partial charge in [-0.25, -0.2) is 0 Å². The lowest BCUT2D eigenvalue weighted by molar-refractivity contribution is -0.125. The Morgan fingerprint density at radius 1 is 1.38 bits per heavy atom. The van der Waals surface area contributed by atoms with Crippen LogP contribution in [0, 0.1) is 40.9 Å². The predicted octanol–water partition coefficient (Wildman–Crippen LogP) is 3.09. The Labute approximate surface area is 157 Å². The minimum atomic E-state index is -0.946. The highest BCUT2D eigenvalue weighted by Gasteiger charge is 2.45. The molecule has 7 heteroatoms. The number of amides is 2. The van der Waals surface area contributed by atoms with Crippen molar-refractivity contribution in [3.63, 3.8) is 0 Å². The van der Waals surface area contributed by atoms with Gasteiger partial charge in [-0.1, -0.05) is 37.7 Å². The molecule has 2 rings (SSSR count). The summed E-state index contributed by atoms with van der Waals surface area (Å²) in [5, 5.41) is 24.0. The van der Waals surface area contributed by atoms with Crippen molar-refractivity contribution in [3.8, 4) is 12.1 Å². The molecule has 1 aromatic rings. The number of nitrogens with zero attached hydrogens (tertiary/aromatic N) is 2. The van der Waals surface area contributed by atoms with E-state index in [2.05, 4.69) is 16.7 Å². The fourth-order valence-corrected chi connectivity index (χ4v) is 3.82. The van der Waals surface area contributed by atoms with E-state index in [1.807, 2.05) is 31.2 Å². The molecule has 2 atom stereocenters. The van der Waals surface area contributed by atoms with E-state index in [1.165, 1.54) is 0 Å². The average molecular weight is 368 g/mol. The summed E-state index contributed by atoms with van der Waals surface area (Å²) in [4.78, 5) is 24.7. The third-order valence-corrected chi connectivity index (χ3v) is 5.39. The van der Waals surface area contributed by atoms with Crippen LogP contribution in [0.25, 0.3) is 0 Å². The summed E-state index contributed by atoms with van der Waals surface area (Å²) < 4.78 is 0. The lowest BCUT2D eigenvalue weighted by atomic mass is 9.72. The number of hydrogen-bond acceptors (Lipinski definition) is 5. The second-order valence-electron chi connectivity index (χ2n) is 6.71. The Morgan fingerprint density at radius 3 is 2.65 bits per heavy atom. The van der Waals surface area contributed by atoms with E-state index in [4.69, 9.17) is 0 Å². The molecule has 1 aliphatic rings. The Balaban J connectivity index is 2.21. The quantitative estimate of drug-likeness (QED) is 0.849. The van der Waals surface area contributed by atoms with Crippen molar-refractivity contribution >= 4 is 29.3 Å². The second kappa shape index (κ2) is 7.63. The Bertz CT molecular complexity index is 861. The van der Waals surface area contributed by atoms with Crippen LogP contribution in [0.2, 0.25) is 0 Å². The number of hydrogen-bond donors (Lipinski definition) is 2. The molecular weight excluding hydrogens is 348 g/mol. The number of thioether (sulfide) groups is 1. The molecule has 0 aromatic heterocycles. The molecule has 2 amide bonds. The molecule has 0 bridgehead atoms. The molecule has 0 saturated heterocycles. The smallest absolute Gasteiger partial charge is 0.243 e. The van der Waals surface area contributed by atoms with Crippen LogP contribution in [-0.4, -0.2) is 17.1 Å². The van der Waals surface area contributed by atoms with Gasteiger partial charge in [-0.3, -0.25) is 9.59 Å². The molecule has 6 nitrogen and oxygen atoms in total. The second-order valence-corrected chi connectivity index (χ2v) is 8.06. The number of rotatable bonds is 4. The van der Waals surface area contributed by atoms with Crippen molar-refractivity contribution in [3.05, 3.63) is 40.4 Å². The average Bonchev–Trinajstić information content (AvgIpc) is 2.54. The van der Waals surface area contributed by atoms with Gasteiger partial charge in [0.2, 0.25) is 11.8 Å². The molecule has 0 saturated carbocycles. The molecule has 0 aliphatic carbocycles. The van der Waals surface area contributed by atoms with Gasteiger partial charge in [-0.05, 0) is 31.5 Å².